The van der Waals surface area contributed by atoms with Crippen LogP contribution in [0.3, 0.4) is 0 Å². The van der Waals surface area contributed by atoms with Gasteiger partial charge in [-0.25, -0.2) is 4.79 Å². The van der Waals surface area contributed by atoms with Crippen LogP contribution in [0.25, 0.3) is 0 Å². The Morgan fingerprint density at radius 2 is 1.74 bits per heavy atom. The Kier molecular flexibility index (Phi) is 7.10. The first-order valence-electron chi connectivity index (χ1n) is 10.4. The quantitative estimate of drug-likeness (QED) is 0.662. The number of methoxy groups -OCH3 is 2. The van der Waals surface area contributed by atoms with Crippen LogP contribution in [0.4, 0.5) is 10.5 Å². The van der Waals surface area contributed by atoms with Gasteiger partial charge in [-0.05, 0) is 35.8 Å². The summed E-state index contributed by atoms with van der Waals surface area (Å²) in [6.45, 7) is 7.66. The van der Waals surface area contributed by atoms with Crippen molar-refractivity contribution in [3.05, 3.63) is 40.1 Å². The molecule has 2 heterocycles. The molecule has 3 rings (SSSR count). The lowest BCUT2D eigenvalue weighted by atomic mass is 9.86. The minimum atomic E-state index is -0.379. The first-order chi connectivity index (χ1) is 14.7. The lowest BCUT2D eigenvalue weighted by molar-refractivity contribution is 0.0793. The maximum Gasteiger partial charge on any atom is 0.319 e. The third-order valence-electron chi connectivity index (χ3n) is 5.36. The highest BCUT2D eigenvalue weighted by Gasteiger charge is 2.30. The van der Waals surface area contributed by atoms with Gasteiger partial charge < -0.3 is 25.0 Å². The lowest BCUT2D eigenvalue weighted by Gasteiger charge is -2.31. The number of rotatable bonds is 6. The van der Waals surface area contributed by atoms with E-state index in [1.807, 2.05) is 17.5 Å². The average molecular weight is 446 g/mol. The molecule has 1 saturated heterocycles. The van der Waals surface area contributed by atoms with Crippen molar-refractivity contribution in [1.29, 1.82) is 0 Å². The Morgan fingerprint density at radius 3 is 2.29 bits per heavy atom. The van der Waals surface area contributed by atoms with E-state index in [0.29, 0.717) is 35.8 Å². The number of hydrogen-bond donors (Lipinski definition) is 2. The molecule has 168 valence electrons. The van der Waals surface area contributed by atoms with Gasteiger partial charge in [0.2, 0.25) is 0 Å². The number of nitrogens with one attached hydrogen (secondary N) is 2. The molecule has 2 aromatic rings. The van der Waals surface area contributed by atoms with Gasteiger partial charge in [0.1, 0.15) is 0 Å². The average Bonchev–Trinajstić information content (AvgIpc) is 3.44. The molecule has 2 N–H and O–H groups in total. The Bertz CT molecular complexity index is 916. The molecule has 0 saturated carbocycles. The number of likely N-dealkylation sites (tertiary alicyclic amines) is 1. The summed E-state index contributed by atoms with van der Waals surface area (Å²) in [5.74, 6) is 0.767. The number of amides is 3. The van der Waals surface area contributed by atoms with Gasteiger partial charge in [0, 0.05) is 24.0 Å². The van der Waals surface area contributed by atoms with Crippen molar-refractivity contribution in [2.75, 3.05) is 32.6 Å². The molecule has 8 heteroatoms. The summed E-state index contributed by atoms with van der Waals surface area (Å²) in [7, 11) is 3.05. The summed E-state index contributed by atoms with van der Waals surface area (Å²) in [4.78, 5) is 29.0. The first-order valence-corrected chi connectivity index (χ1v) is 11.3. The molecule has 1 aliphatic rings. The number of urea groups is 1. The van der Waals surface area contributed by atoms with E-state index in [4.69, 9.17) is 9.47 Å². The number of ether oxygens (including phenoxy) is 2. The number of benzene rings is 1. The smallest absolute Gasteiger partial charge is 0.319 e. The van der Waals surface area contributed by atoms with Crippen LogP contribution in [-0.4, -0.2) is 44.1 Å². The molecule has 7 nitrogen and oxygen atoms in total. The maximum atomic E-state index is 13.1. The topological polar surface area (TPSA) is 79.9 Å². The zero-order chi connectivity index (χ0) is 22.6. The number of nitrogens with zero attached hydrogens (tertiary/aromatic N) is 1. The number of hydrogen-bond acceptors (Lipinski definition) is 5. The number of thiophene rings is 1. The second-order valence-electron chi connectivity index (χ2n) is 8.67. The van der Waals surface area contributed by atoms with E-state index in [1.54, 1.807) is 28.4 Å². The highest BCUT2D eigenvalue weighted by atomic mass is 32.1. The normalized spacial score (nSPS) is 14.8. The van der Waals surface area contributed by atoms with E-state index < -0.39 is 0 Å². The molecular formula is C23H31N3O4S. The minimum absolute atomic E-state index is 0.126. The molecule has 0 spiro atoms. The lowest BCUT2D eigenvalue weighted by Crippen LogP contribution is -2.39. The van der Waals surface area contributed by atoms with Crippen LogP contribution in [0, 0.1) is 5.41 Å². The predicted molar refractivity (Wildman–Crippen MR) is 123 cm³/mol. The standard InChI is InChI=1S/C23H31N3O4S/c1-23(2,3)20(19-9-8-12-31-19)25-22(28)24-16-14-18(30-5)17(29-4)13-15(16)21(27)26-10-6-7-11-26/h8-9,12-14,20H,6-7,10-11H2,1-5H3,(H2,24,25,28). The Hall–Kier alpha value is -2.74. The summed E-state index contributed by atoms with van der Waals surface area (Å²) >= 11 is 1.60. The van der Waals surface area contributed by atoms with E-state index >= 15 is 0 Å². The van der Waals surface area contributed by atoms with Gasteiger partial charge in [-0.1, -0.05) is 26.8 Å². The highest BCUT2D eigenvalue weighted by molar-refractivity contribution is 7.10. The molecular weight excluding hydrogens is 414 g/mol. The summed E-state index contributed by atoms with van der Waals surface area (Å²) in [6.07, 6.45) is 1.96. The number of carbonyl (C=O) groups excluding carboxylic acids is 2. The molecule has 0 radical (unpaired) electrons. The summed E-state index contributed by atoms with van der Waals surface area (Å²) < 4.78 is 10.8. The zero-order valence-electron chi connectivity index (χ0n) is 18.8. The van der Waals surface area contributed by atoms with E-state index in [0.717, 1.165) is 17.7 Å². The van der Waals surface area contributed by atoms with Gasteiger partial charge in [-0.3, -0.25) is 4.79 Å². The van der Waals surface area contributed by atoms with Gasteiger partial charge in [-0.2, -0.15) is 0 Å². The van der Waals surface area contributed by atoms with Crippen LogP contribution in [0.15, 0.2) is 29.6 Å². The predicted octanol–water partition coefficient (Wildman–Crippen LogP) is 4.91. The molecule has 0 bridgehead atoms. The van der Waals surface area contributed by atoms with Crippen molar-refractivity contribution in [2.45, 2.75) is 39.7 Å². The van der Waals surface area contributed by atoms with Crippen molar-refractivity contribution in [2.24, 2.45) is 5.41 Å². The van der Waals surface area contributed by atoms with E-state index in [1.165, 1.54) is 14.2 Å². The van der Waals surface area contributed by atoms with Crippen LogP contribution >= 0.6 is 11.3 Å². The Balaban J connectivity index is 1.89. The number of carbonyl (C=O) groups is 2. The van der Waals surface area contributed by atoms with Crippen LogP contribution in [-0.2, 0) is 0 Å². The molecule has 3 amide bonds. The Morgan fingerprint density at radius 1 is 1.10 bits per heavy atom. The van der Waals surface area contributed by atoms with Crippen LogP contribution in [0.5, 0.6) is 11.5 Å². The molecule has 1 aromatic carbocycles. The highest BCUT2D eigenvalue weighted by Crippen LogP contribution is 2.37. The number of anilines is 1. The largest absolute Gasteiger partial charge is 0.493 e. The molecule has 0 aliphatic carbocycles. The Labute approximate surface area is 187 Å². The van der Waals surface area contributed by atoms with Gasteiger partial charge in [0.05, 0.1) is 31.5 Å². The van der Waals surface area contributed by atoms with Gasteiger partial charge in [-0.15, -0.1) is 11.3 Å². The van der Waals surface area contributed by atoms with E-state index in [-0.39, 0.29) is 23.4 Å². The van der Waals surface area contributed by atoms with Crippen LogP contribution in [0.1, 0.15) is 54.9 Å². The summed E-state index contributed by atoms with van der Waals surface area (Å²) in [5.41, 5.74) is 0.595. The monoisotopic (exact) mass is 445 g/mol. The summed E-state index contributed by atoms with van der Waals surface area (Å²) in [6, 6.07) is 6.70. The molecule has 1 fully saturated rings. The first kappa shape index (κ1) is 22.9. The second kappa shape index (κ2) is 9.60. The minimum Gasteiger partial charge on any atom is -0.493 e. The van der Waals surface area contributed by atoms with E-state index in [9.17, 15) is 9.59 Å². The fourth-order valence-electron chi connectivity index (χ4n) is 3.71. The van der Waals surface area contributed by atoms with Crippen molar-refractivity contribution >= 4 is 29.0 Å². The zero-order valence-corrected chi connectivity index (χ0v) is 19.6. The van der Waals surface area contributed by atoms with Crippen molar-refractivity contribution in [3.8, 4) is 11.5 Å². The fraction of sp³-hybridized carbons (Fsp3) is 0.478. The third-order valence-corrected chi connectivity index (χ3v) is 6.30. The van der Waals surface area contributed by atoms with Crippen molar-refractivity contribution < 1.29 is 19.1 Å². The molecule has 1 aromatic heterocycles. The molecule has 1 aliphatic heterocycles. The molecule has 1 atom stereocenters. The van der Waals surface area contributed by atoms with Crippen molar-refractivity contribution in [3.63, 3.8) is 0 Å². The van der Waals surface area contributed by atoms with Gasteiger partial charge in [0.15, 0.2) is 11.5 Å². The van der Waals surface area contributed by atoms with Crippen LogP contribution in [0.2, 0.25) is 0 Å². The second-order valence-corrected chi connectivity index (χ2v) is 9.64. The summed E-state index contributed by atoms with van der Waals surface area (Å²) in [5, 5.41) is 7.94. The maximum absolute atomic E-state index is 13.1. The SMILES string of the molecule is COc1cc(NC(=O)NC(c2cccs2)C(C)(C)C)c(C(=O)N2CCCC2)cc1OC. The van der Waals surface area contributed by atoms with Gasteiger partial charge in [0.25, 0.3) is 5.91 Å². The van der Waals surface area contributed by atoms with Crippen molar-refractivity contribution in [1.82, 2.24) is 10.2 Å². The van der Waals surface area contributed by atoms with Gasteiger partial charge >= 0.3 is 6.03 Å². The third kappa shape index (κ3) is 5.31. The van der Waals surface area contributed by atoms with E-state index in [2.05, 4.69) is 31.4 Å². The van der Waals surface area contributed by atoms with Crippen LogP contribution < -0.4 is 20.1 Å². The fourth-order valence-corrected chi connectivity index (χ4v) is 4.73. The molecule has 31 heavy (non-hydrogen) atoms. The molecule has 1 unspecified atom stereocenters.